The number of ether oxygens (including phenoxy) is 3. The molecule has 0 radical (unpaired) electrons. The second-order valence-electron chi connectivity index (χ2n) is 5.79. The lowest BCUT2D eigenvalue weighted by Gasteiger charge is -2.27. The van der Waals surface area contributed by atoms with Crippen molar-refractivity contribution < 1.29 is 33.8 Å². The summed E-state index contributed by atoms with van der Waals surface area (Å²) in [4.78, 5) is 33.6. The van der Waals surface area contributed by atoms with E-state index < -0.39 is 28.8 Å². The maximum Gasteiger partial charge on any atom is 0.514 e. The molecule has 2 atom stereocenters. The Kier molecular flexibility index (Phi) is 6.29. The quantitative estimate of drug-likeness (QED) is 0.284. The smallest absolute Gasteiger partial charge is 0.467 e. The molecule has 0 saturated carbocycles. The Hall–Kier alpha value is -2.94. The molecule has 140 valence electrons. The second kappa shape index (κ2) is 8.43. The highest BCUT2D eigenvalue weighted by atomic mass is 16.7. The number of carbonyl (C=O) groups excluding carboxylic acids is 2. The first-order valence-electron chi connectivity index (χ1n) is 7.94. The SMILES string of the molecule is COC(=O)[C@]1(O)CC/C=C/[C@H](OC(=O)Oc2ccc([N+](=O)[O-])cc2)CC1. The Morgan fingerprint density at radius 2 is 1.96 bits per heavy atom. The van der Waals surface area contributed by atoms with Gasteiger partial charge in [0.25, 0.3) is 5.69 Å². The Bertz CT molecular complexity index is 699. The van der Waals surface area contributed by atoms with E-state index in [1.807, 2.05) is 0 Å². The maximum absolute atomic E-state index is 11.9. The van der Waals surface area contributed by atoms with Crippen molar-refractivity contribution in [2.75, 3.05) is 7.11 Å². The number of nitro groups is 1. The number of hydrogen-bond donors (Lipinski definition) is 1. The van der Waals surface area contributed by atoms with Gasteiger partial charge in [0.05, 0.1) is 12.0 Å². The van der Waals surface area contributed by atoms with E-state index in [-0.39, 0.29) is 30.7 Å². The van der Waals surface area contributed by atoms with Gasteiger partial charge in [-0.25, -0.2) is 9.59 Å². The number of methoxy groups -OCH3 is 1. The summed E-state index contributed by atoms with van der Waals surface area (Å²) in [5, 5.41) is 21.0. The first kappa shape index (κ1) is 19.4. The van der Waals surface area contributed by atoms with E-state index in [0.717, 1.165) is 0 Å². The van der Waals surface area contributed by atoms with Crippen LogP contribution in [0.2, 0.25) is 0 Å². The molecule has 0 aromatic heterocycles. The molecule has 2 rings (SSSR count). The molecule has 1 aliphatic carbocycles. The predicted octanol–water partition coefficient (Wildman–Crippen LogP) is 2.51. The number of allylic oxidation sites excluding steroid dienone is 1. The largest absolute Gasteiger partial charge is 0.514 e. The van der Waals surface area contributed by atoms with Gasteiger partial charge in [-0.1, -0.05) is 6.08 Å². The summed E-state index contributed by atoms with van der Waals surface area (Å²) in [6, 6.07) is 4.97. The third kappa shape index (κ3) is 5.03. The number of esters is 1. The van der Waals surface area contributed by atoms with Crippen LogP contribution in [0, 0.1) is 10.1 Å². The van der Waals surface area contributed by atoms with Gasteiger partial charge in [-0.2, -0.15) is 0 Å². The first-order chi connectivity index (χ1) is 12.3. The number of carbonyl (C=O) groups is 2. The highest BCUT2D eigenvalue weighted by Gasteiger charge is 2.37. The van der Waals surface area contributed by atoms with E-state index in [0.29, 0.717) is 6.42 Å². The van der Waals surface area contributed by atoms with Crippen LogP contribution in [0.5, 0.6) is 5.75 Å². The third-order valence-corrected chi connectivity index (χ3v) is 3.98. The molecule has 26 heavy (non-hydrogen) atoms. The van der Waals surface area contributed by atoms with Gasteiger partial charge in [-0.3, -0.25) is 10.1 Å². The molecule has 0 heterocycles. The summed E-state index contributed by atoms with van der Waals surface area (Å²) in [5.41, 5.74) is -1.75. The molecule has 0 fully saturated rings. The summed E-state index contributed by atoms with van der Waals surface area (Å²) in [5.74, 6) is -0.624. The molecule has 0 bridgehead atoms. The molecule has 0 amide bonds. The molecule has 9 nitrogen and oxygen atoms in total. The van der Waals surface area contributed by atoms with Gasteiger partial charge in [-0.15, -0.1) is 0 Å². The van der Waals surface area contributed by atoms with Crippen LogP contribution in [-0.4, -0.2) is 41.0 Å². The number of aliphatic hydroxyl groups is 1. The fourth-order valence-corrected chi connectivity index (χ4v) is 2.54. The molecule has 9 heteroatoms. The normalized spacial score (nSPS) is 23.8. The van der Waals surface area contributed by atoms with Gasteiger partial charge in [0.15, 0.2) is 5.60 Å². The molecule has 1 N–H and O–H groups in total. The average Bonchev–Trinajstić information content (AvgIpc) is 2.61. The van der Waals surface area contributed by atoms with Crippen molar-refractivity contribution in [1.29, 1.82) is 0 Å². The van der Waals surface area contributed by atoms with Gasteiger partial charge in [-0.05, 0) is 43.9 Å². The van der Waals surface area contributed by atoms with Crippen molar-refractivity contribution in [3.63, 3.8) is 0 Å². The zero-order valence-electron chi connectivity index (χ0n) is 14.1. The molecule has 1 aromatic carbocycles. The zero-order chi connectivity index (χ0) is 19.2. The molecule has 0 spiro atoms. The summed E-state index contributed by atoms with van der Waals surface area (Å²) in [6.45, 7) is 0. The van der Waals surface area contributed by atoms with Crippen LogP contribution in [-0.2, 0) is 14.3 Å². The summed E-state index contributed by atoms with van der Waals surface area (Å²) in [7, 11) is 1.20. The van der Waals surface area contributed by atoms with Crippen LogP contribution >= 0.6 is 0 Å². The monoisotopic (exact) mass is 365 g/mol. The fraction of sp³-hybridized carbons (Fsp3) is 0.412. The topological polar surface area (TPSA) is 125 Å². The van der Waals surface area contributed by atoms with Gasteiger partial charge in [0.2, 0.25) is 0 Å². The Labute approximate surface area is 149 Å². The second-order valence-corrected chi connectivity index (χ2v) is 5.79. The Balaban J connectivity index is 1.94. The van der Waals surface area contributed by atoms with Crippen LogP contribution in [0.25, 0.3) is 0 Å². The number of nitrogens with zero attached hydrogens (tertiary/aromatic N) is 1. The molecule has 0 aliphatic heterocycles. The molecule has 0 saturated heterocycles. The van der Waals surface area contributed by atoms with E-state index >= 15 is 0 Å². The number of benzene rings is 1. The lowest BCUT2D eigenvalue weighted by Crippen LogP contribution is -2.41. The molecular weight excluding hydrogens is 346 g/mol. The number of hydrogen-bond acceptors (Lipinski definition) is 8. The van der Waals surface area contributed by atoms with E-state index in [4.69, 9.17) is 9.47 Å². The van der Waals surface area contributed by atoms with Crippen LogP contribution in [0.4, 0.5) is 10.5 Å². The van der Waals surface area contributed by atoms with Crippen molar-refractivity contribution >= 4 is 17.8 Å². The number of rotatable bonds is 4. The first-order valence-corrected chi connectivity index (χ1v) is 7.94. The molecular formula is C17H19NO8. The lowest BCUT2D eigenvalue weighted by molar-refractivity contribution is -0.384. The van der Waals surface area contributed by atoms with Crippen LogP contribution in [0.3, 0.4) is 0 Å². The minimum atomic E-state index is -1.62. The van der Waals surface area contributed by atoms with Crippen molar-refractivity contribution in [2.45, 2.75) is 37.4 Å². The fourth-order valence-electron chi connectivity index (χ4n) is 2.54. The highest BCUT2D eigenvalue weighted by molar-refractivity contribution is 5.79. The van der Waals surface area contributed by atoms with Gasteiger partial charge < -0.3 is 19.3 Å². The summed E-state index contributed by atoms with van der Waals surface area (Å²) >= 11 is 0. The van der Waals surface area contributed by atoms with E-state index in [1.54, 1.807) is 12.2 Å². The van der Waals surface area contributed by atoms with Crippen molar-refractivity contribution in [3.8, 4) is 5.75 Å². The number of nitro benzene ring substituents is 1. The number of non-ortho nitro benzene ring substituents is 1. The lowest BCUT2D eigenvalue weighted by atomic mass is 9.88. The van der Waals surface area contributed by atoms with Crippen molar-refractivity contribution in [3.05, 3.63) is 46.5 Å². The predicted molar refractivity (Wildman–Crippen MR) is 88.6 cm³/mol. The van der Waals surface area contributed by atoms with Gasteiger partial charge in [0, 0.05) is 12.1 Å². The van der Waals surface area contributed by atoms with Crippen LogP contribution < -0.4 is 4.74 Å². The van der Waals surface area contributed by atoms with E-state index in [9.17, 15) is 24.8 Å². The summed E-state index contributed by atoms with van der Waals surface area (Å²) in [6.07, 6.45) is 2.61. The highest BCUT2D eigenvalue weighted by Crippen LogP contribution is 2.26. The van der Waals surface area contributed by atoms with Crippen molar-refractivity contribution in [2.24, 2.45) is 0 Å². The maximum atomic E-state index is 11.9. The Morgan fingerprint density at radius 3 is 2.58 bits per heavy atom. The standard InChI is InChI=1S/C17H19NO8/c1-24-15(19)17(21)10-3-2-4-13(9-11-17)25-16(20)26-14-7-5-12(6-8-14)18(22)23/h2,4-8,13,21H,3,9-11H2,1H3/b4-2+/t13-,17-/m0/s1. The van der Waals surface area contributed by atoms with Crippen molar-refractivity contribution in [1.82, 2.24) is 0 Å². The Morgan fingerprint density at radius 1 is 1.27 bits per heavy atom. The zero-order valence-corrected chi connectivity index (χ0v) is 14.1. The summed E-state index contributed by atoms with van der Waals surface area (Å²) < 4.78 is 14.8. The van der Waals surface area contributed by atoms with E-state index in [1.165, 1.54) is 31.4 Å². The van der Waals surface area contributed by atoms with Crippen LogP contribution in [0.1, 0.15) is 25.7 Å². The molecule has 1 aromatic rings. The third-order valence-electron chi connectivity index (χ3n) is 3.98. The van der Waals surface area contributed by atoms with Gasteiger partial charge >= 0.3 is 12.1 Å². The minimum absolute atomic E-state index is 0.0689. The minimum Gasteiger partial charge on any atom is -0.467 e. The average molecular weight is 365 g/mol. The molecule has 0 unspecified atom stereocenters. The van der Waals surface area contributed by atoms with E-state index in [2.05, 4.69) is 4.74 Å². The molecule has 1 aliphatic rings. The van der Waals surface area contributed by atoms with Crippen LogP contribution in [0.15, 0.2) is 36.4 Å². The van der Waals surface area contributed by atoms with Gasteiger partial charge in [0.1, 0.15) is 11.9 Å².